The average Bonchev–Trinajstić information content (AvgIpc) is 2.10. The molecule has 1 rings (SSSR count). The summed E-state index contributed by atoms with van der Waals surface area (Å²) < 4.78 is 0.834. The topological polar surface area (TPSA) is 60.5 Å². The summed E-state index contributed by atoms with van der Waals surface area (Å²) in [5.41, 5.74) is 0.489. The highest BCUT2D eigenvalue weighted by Crippen LogP contribution is 2.13. The van der Waals surface area contributed by atoms with Crippen molar-refractivity contribution in [1.82, 2.24) is 4.98 Å². The molecule has 0 fully saturated rings. The zero-order valence-corrected chi connectivity index (χ0v) is 7.62. The van der Waals surface area contributed by atoms with Crippen LogP contribution in [0.2, 0.25) is 0 Å². The number of halogens is 1. The minimum absolute atomic E-state index is 0.489. The van der Waals surface area contributed by atoms with E-state index in [9.17, 15) is 0 Å². The summed E-state index contributed by atoms with van der Waals surface area (Å²) in [5, 5.41) is 17.0. The second-order valence-electron chi connectivity index (χ2n) is 2.09. The highest BCUT2D eigenvalue weighted by molar-refractivity contribution is 9.10. The third kappa shape index (κ3) is 1.81. The van der Waals surface area contributed by atoms with Crippen LogP contribution in [0.3, 0.4) is 0 Å². The van der Waals surface area contributed by atoms with Crippen LogP contribution in [0.15, 0.2) is 22.8 Å². The number of hydrogen-bond donors (Lipinski definition) is 0. The first-order valence-corrected chi connectivity index (χ1v) is 3.98. The van der Waals surface area contributed by atoms with Crippen LogP contribution in [0.1, 0.15) is 11.6 Å². The Kier molecular flexibility index (Phi) is 2.79. The van der Waals surface area contributed by atoms with Crippen molar-refractivity contribution < 1.29 is 0 Å². The van der Waals surface area contributed by atoms with Crippen molar-refractivity contribution in [3.8, 4) is 12.1 Å². The maximum atomic E-state index is 8.52. The van der Waals surface area contributed by atoms with Gasteiger partial charge in [-0.1, -0.05) is 0 Å². The third-order valence-electron chi connectivity index (χ3n) is 1.30. The van der Waals surface area contributed by atoms with E-state index in [4.69, 9.17) is 10.5 Å². The van der Waals surface area contributed by atoms with Gasteiger partial charge in [0.05, 0.1) is 17.8 Å². The van der Waals surface area contributed by atoms with E-state index in [2.05, 4.69) is 20.9 Å². The number of hydrogen-bond acceptors (Lipinski definition) is 3. The van der Waals surface area contributed by atoms with Gasteiger partial charge in [0.15, 0.2) is 5.92 Å². The zero-order chi connectivity index (χ0) is 8.97. The van der Waals surface area contributed by atoms with Crippen LogP contribution >= 0.6 is 15.9 Å². The Morgan fingerprint density at radius 3 is 2.42 bits per heavy atom. The van der Waals surface area contributed by atoms with E-state index >= 15 is 0 Å². The van der Waals surface area contributed by atoms with Crippen molar-refractivity contribution in [2.45, 2.75) is 5.92 Å². The van der Waals surface area contributed by atoms with Crippen LogP contribution < -0.4 is 0 Å². The molecule has 0 saturated carbocycles. The van der Waals surface area contributed by atoms with Crippen molar-refractivity contribution in [3.63, 3.8) is 0 Å². The molecule has 0 unspecified atom stereocenters. The molecular weight excluding hydrogens is 218 g/mol. The van der Waals surface area contributed by atoms with E-state index < -0.39 is 5.92 Å². The van der Waals surface area contributed by atoms with E-state index in [1.165, 1.54) is 0 Å². The molecule has 0 saturated heterocycles. The second-order valence-corrected chi connectivity index (χ2v) is 3.01. The summed E-state index contributed by atoms with van der Waals surface area (Å²) in [4.78, 5) is 3.93. The van der Waals surface area contributed by atoms with Gasteiger partial charge in [-0.3, -0.25) is 4.98 Å². The second kappa shape index (κ2) is 3.85. The Hall–Kier alpha value is -1.39. The lowest BCUT2D eigenvalue weighted by atomic mass is 10.1. The molecule has 0 bridgehead atoms. The third-order valence-corrected chi connectivity index (χ3v) is 1.77. The predicted molar refractivity (Wildman–Crippen MR) is 45.9 cm³/mol. The van der Waals surface area contributed by atoms with Gasteiger partial charge in [-0.15, -0.1) is 0 Å². The molecule has 1 aromatic rings. The van der Waals surface area contributed by atoms with Crippen LogP contribution in [0.25, 0.3) is 0 Å². The zero-order valence-electron chi connectivity index (χ0n) is 6.03. The molecule has 0 atom stereocenters. The van der Waals surface area contributed by atoms with Crippen LogP contribution in [0, 0.1) is 22.7 Å². The summed E-state index contributed by atoms with van der Waals surface area (Å²) in [5.74, 6) is -0.766. The number of nitrogens with zero attached hydrogens (tertiary/aromatic N) is 3. The summed E-state index contributed by atoms with van der Waals surface area (Å²) >= 11 is 3.21. The first-order valence-electron chi connectivity index (χ1n) is 3.18. The largest absolute Gasteiger partial charge is 0.258 e. The van der Waals surface area contributed by atoms with E-state index in [-0.39, 0.29) is 0 Å². The van der Waals surface area contributed by atoms with Crippen molar-refractivity contribution in [3.05, 3.63) is 28.5 Å². The molecule has 0 radical (unpaired) electrons. The monoisotopic (exact) mass is 221 g/mol. The lowest BCUT2D eigenvalue weighted by Gasteiger charge is -1.97. The van der Waals surface area contributed by atoms with E-state index in [0.717, 1.165) is 4.47 Å². The fourth-order valence-corrected chi connectivity index (χ4v) is 0.954. The van der Waals surface area contributed by atoms with Gasteiger partial charge in [0.2, 0.25) is 0 Å². The van der Waals surface area contributed by atoms with Gasteiger partial charge in [0.25, 0.3) is 0 Å². The number of pyridine rings is 1. The quantitative estimate of drug-likeness (QED) is 0.729. The van der Waals surface area contributed by atoms with Gasteiger partial charge in [-0.25, -0.2) is 0 Å². The maximum Gasteiger partial charge on any atom is 0.175 e. The molecule has 12 heavy (non-hydrogen) atoms. The Labute approximate surface area is 78.4 Å². The van der Waals surface area contributed by atoms with Gasteiger partial charge >= 0.3 is 0 Å². The first kappa shape index (κ1) is 8.70. The lowest BCUT2D eigenvalue weighted by Crippen LogP contribution is -1.94. The normalized spacial score (nSPS) is 9.00. The summed E-state index contributed by atoms with van der Waals surface area (Å²) in [6, 6.07) is 7.11. The van der Waals surface area contributed by atoms with Gasteiger partial charge in [0.1, 0.15) is 0 Å². The molecule has 0 aromatic carbocycles. The smallest absolute Gasteiger partial charge is 0.175 e. The summed E-state index contributed by atoms with van der Waals surface area (Å²) in [6.07, 6.45) is 1.57. The number of aromatic nitrogens is 1. The maximum absolute atomic E-state index is 8.52. The van der Waals surface area contributed by atoms with Crippen molar-refractivity contribution in [2.24, 2.45) is 0 Å². The highest BCUT2D eigenvalue weighted by Gasteiger charge is 2.09. The Balaban J connectivity index is 2.99. The first-order chi connectivity index (χ1) is 5.77. The van der Waals surface area contributed by atoms with Crippen LogP contribution in [-0.2, 0) is 0 Å². The van der Waals surface area contributed by atoms with E-state index in [0.29, 0.717) is 5.69 Å². The number of rotatable bonds is 1. The van der Waals surface area contributed by atoms with E-state index in [1.54, 1.807) is 18.3 Å². The molecule has 0 aliphatic carbocycles. The minimum Gasteiger partial charge on any atom is -0.258 e. The van der Waals surface area contributed by atoms with Gasteiger partial charge in [-0.2, -0.15) is 10.5 Å². The average molecular weight is 222 g/mol. The molecular formula is C8H4BrN3. The lowest BCUT2D eigenvalue weighted by molar-refractivity contribution is 1.01. The Morgan fingerprint density at radius 1 is 1.33 bits per heavy atom. The number of nitriles is 2. The van der Waals surface area contributed by atoms with E-state index in [1.807, 2.05) is 12.1 Å². The molecule has 1 aromatic heterocycles. The standard InChI is InChI=1S/C8H4BrN3/c9-7-1-2-8(12-5-7)6(3-10)4-11/h1-2,5-6H. The molecule has 0 amide bonds. The van der Waals surface area contributed by atoms with Gasteiger partial charge in [0, 0.05) is 10.7 Å². The van der Waals surface area contributed by atoms with Crippen LogP contribution in [0.4, 0.5) is 0 Å². The predicted octanol–water partition coefficient (Wildman–Crippen LogP) is 1.97. The Morgan fingerprint density at radius 2 is 2.00 bits per heavy atom. The summed E-state index contributed by atoms with van der Waals surface area (Å²) in [7, 11) is 0. The molecule has 58 valence electrons. The van der Waals surface area contributed by atoms with Gasteiger partial charge in [-0.05, 0) is 28.1 Å². The van der Waals surface area contributed by atoms with Crippen molar-refractivity contribution in [1.29, 1.82) is 10.5 Å². The molecule has 0 aliphatic rings. The molecule has 1 heterocycles. The van der Waals surface area contributed by atoms with Crippen molar-refractivity contribution >= 4 is 15.9 Å². The van der Waals surface area contributed by atoms with Crippen LogP contribution in [0.5, 0.6) is 0 Å². The molecule has 0 aliphatic heterocycles. The molecule has 3 nitrogen and oxygen atoms in total. The SMILES string of the molecule is N#CC(C#N)c1ccc(Br)cn1. The fourth-order valence-electron chi connectivity index (χ4n) is 0.719. The fraction of sp³-hybridized carbons (Fsp3) is 0.125. The molecule has 0 spiro atoms. The molecule has 0 N–H and O–H groups in total. The van der Waals surface area contributed by atoms with Crippen LogP contribution in [-0.4, -0.2) is 4.98 Å². The van der Waals surface area contributed by atoms with Gasteiger partial charge < -0.3 is 0 Å². The molecule has 4 heteroatoms. The highest BCUT2D eigenvalue weighted by atomic mass is 79.9. The van der Waals surface area contributed by atoms with Crippen molar-refractivity contribution in [2.75, 3.05) is 0 Å². The Bertz CT molecular complexity index is 330. The minimum atomic E-state index is -0.766. The summed E-state index contributed by atoms with van der Waals surface area (Å²) in [6.45, 7) is 0.